The van der Waals surface area contributed by atoms with Crippen LogP contribution >= 0.6 is 11.9 Å². The number of aromatic nitrogens is 2. The first kappa shape index (κ1) is 23.3. The van der Waals surface area contributed by atoms with Crippen LogP contribution in [0.2, 0.25) is 0 Å². The number of rotatable bonds is 7. The van der Waals surface area contributed by atoms with Crippen LogP contribution in [0.5, 0.6) is 0 Å². The number of halogens is 1. The van der Waals surface area contributed by atoms with Crippen molar-refractivity contribution in [3.8, 4) is 11.1 Å². The topological polar surface area (TPSA) is 105 Å². The number of benzene rings is 3. The van der Waals surface area contributed by atoms with Crippen LogP contribution in [-0.4, -0.2) is 30.5 Å². The van der Waals surface area contributed by atoms with E-state index in [1.165, 1.54) is 24.1 Å². The number of nitrogens with zero attached hydrogens (tertiary/aromatic N) is 3. The van der Waals surface area contributed by atoms with Crippen molar-refractivity contribution in [3.05, 3.63) is 101 Å². The number of imidazole rings is 1. The quantitative estimate of drug-likeness (QED) is 0.120. The molecule has 0 fully saturated rings. The van der Waals surface area contributed by atoms with E-state index in [0.717, 1.165) is 44.0 Å². The zero-order valence-corrected chi connectivity index (χ0v) is 19.9. The van der Waals surface area contributed by atoms with Crippen LogP contribution in [0.15, 0.2) is 71.6 Å². The monoisotopic (exact) mass is 488 g/mol. The number of nitrogens with one attached hydrogen (secondary N) is 2. The molecule has 0 aliphatic carbocycles. The zero-order valence-electron chi connectivity index (χ0n) is 19.1. The normalized spacial score (nSPS) is 13.4. The van der Waals surface area contributed by atoms with Gasteiger partial charge in [0, 0.05) is 28.1 Å². The average Bonchev–Trinajstić information content (AvgIpc) is 3.44. The summed E-state index contributed by atoms with van der Waals surface area (Å²) < 4.78 is 15.0. The second-order valence-electron chi connectivity index (χ2n) is 8.32. The molecule has 1 aromatic heterocycles. The van der Waals surface area contributed by atoms with Gasteiger partial charge in [-0.3, -0.25) is 10.6 Å². The predicted molar refractivity (Wildman–Crippen MR) is 135 cm³/mol. The summed E-state index contributed by atoms with van der Waals surface area (Å²) in [5, 5.41) is 20.9. The first-order valence-electron chi connectivity index (χ1n) is 11.2. The molecule has 3 aromatic carbocycles. The minimum atomic E-state index is -0.296. The molecule has 5 N–H and O–H groups in total. The van der Waals surface area contributed by atoms with Crippen molar-refractivity contribution in [3.63, 3.8) is 0 Å². The fraction of sp³-hybridized carbons (Fsp3) is 0.154. The van der Waals surface area contributed by atoms with Gasteiger partial charge in [0.2, 0.25) is 0 Å². The summed E-state index contributed by atoms with van der Waals surface area (Å²) in [6.07, 6.45) is 0.775. The van der Waals surface area contributed by atoms with Gasteiger partial charge in [0.15, 0.2) is 5.82 Å². The van der Waals surface area contributed by atoms with Gasteiger partial charge in [-0.05, 0) is 53.4 Å². The molecule has 0 amide bonds. The van der Waals surface area contributed by atoms with E-state index in [2.05, 4.69) is 9.97 Å². The molecule has 4 aromatic rings. The summed E-state index contributed by atoms with van der Waals surface area (Å²) in [5.41, 5.74) is 11.8. The Morgan fingerprint density at radius 3 is 2.69 bits per heavy atom. The number of hydrazine groups is 1. The second kappa shape index (κ2) is 9.63. The molecule has 5 rings (SSSR count). The van der Waals surface area contributed by atoms with Crippen LogP contribution in [0.4, 0.5) is 10.1 Å². The van der Waals surface area contributed by atoms with Crippen molar-refractivity contribution in [2.45, 2.75) is 31.3 Å². The molecule has 0 spiro atoms. The summed E-state index contributed by atoms with van der Waals surface area (Å²) in [5.74, 6) is 0.129. The van der Waals surface area contributed by atoms with E-state index < -0.39 is 0 Å². The minimum absolute atomic E-state index is 0.185. The van der Waals surface area contributed by atoms with Crippen molar-refractivity contribution in [1.29, 1.82) is 5.41 Å². The van der Waals surface area contributed by atoms with Gasteiger partial charge in [-0.2, -0.15) is 5.01 Å². The van der Waals surface area contributed by atoms with E-state index in [1.54, 1.807) is 23.2 Å². The third-order valence-electron chi connectivity index (χ3n) is 6.03. The molecule has 1 aliphatic rings. The molecule has 0 saturated carbocycles. The maximum absolute atomic E-state index is 13.9. The molecule has 0 atom stereocenters. The van der Waals surface area contributed by atoms with Crippen LogP contribution < -0.4 is 5.73 Å². The maximum atomic E-state index is 13.9. The Morgan fingerprint density at radius 1 is 1.17 bits per heavy atom. The van der Waals surface area contributed by atoms with Gasteiger partial charge in [0.05, 0.1) is 24.5 Å². The Morgan fingerprint density at radius 2 is 1.97 bits per heavy atom. The SMILES string of the molecule is CCc1ccc(F)cc1-c1ccc(C(=N)c2nc3c([nH]2)CN(N(O)Sc2ccccc2)C3)c(N)c1. The largest absolute Gasteiger partial charge is 0.398 e. The molecule has 0 saturated heterocycles. The van der Waals surface area contributed by atoms with E-state index in [9.17, 15) is 9.60 Å². The van der Waals surface area contributed by atoms with Crippen LogP contribution in [0.1, 0.15) is 35.3 Å². The van der Waals surface area contributed by atoms with Crippen LogP contribution in [0.3, 0.4) is 0 Å². The van der Waals surface area contributed by atoms with Gasteiger partial charge >= 0.3 is 0 Å². The highest BCUT2D eigenvalue weighted by molar-refractivity contribution is 7.96. The molecular formula is C26H25FN6OS. The number of nitrogen functional groups attached to an aromatic ring is 1. The minimum Gasteiger partial charge on any atom is -0.398 e. The Balaban J connectivity index is 1.31. The zero-order chi connectivity index (χ0) is 24.5. The van der Waals surface area contributed by atoms with Crippen molar-refractivity contribution in [1.82, 2.24) is 19.6 Å². The van der Waals surface area contributed by atoms with E-state index >= 15 is 0 Å². The first-order chi connectivity index (χ1) is 16.9. The number of hydrogen-bond acceptors (Lipinski definition) is 7. The number of H-pyrrole nitrogens is 1. The molecular weight excluding hydrogens is 463 g/mol. The molecule has 2 heterocycles. The van der Waals surface area contributed by atoms with Crippen LogP contribution in [0.25, 0.3) is 11.1 Å². The molecule has 7 nitrogen and oxygen atoms in total. The third kappa shape index (κ3) is 4.71. The number of fused-ring (bicyclic) bond motifs is 1. The lowest BCUT2D eigenvalue weighted by Crippen LogP contribution is -2.31. The average molecular weight is 489 g/mol. The van der Waals surface area contributed by atoms with Crippen molar-refractivity contribution < 1.29 is 9.60 Å². The number of aryl methyl sites for hydroxylation is 1. The standard InChI is InChI=1S/C26H25FN6OS/c1-2-16-8-10-18(27)13-21(16)17-9-11-20(22(28)12-17)25(29)26-30-23-14-32(15-24(23)31-26)33(34)35-19-6-4-3-5-7-19/h3-13,29,34H,2,14-15,28H2,1H3,(H,30,31). The van der Waals surface area contributed by atoms with Crippen molar-refractivity contribution in [2.24, 2.45) is 0 Å². The number of nitrogens with two attached hydrogens (primary N) is 1. The summed E-state index contributed by atoms with van der Waals surface area (Å²) in [4.78, 5) is 8.72. The highest BCUT2D eigenvalue weighted by atomic mass is 32.2. The van der Waals surface area contributed by atoms with Crippen LogP contribution in [0, 0.1) is 11.2 Å². The molecule has 178 valence electrons. The molecule has 0 unspecified atom stereocenters. The third-order valence-corrected chi connectivity index (χ3v) is 6.91. The molecule has 0 bridgehead atoms. The lowest BCUT2D eigenvalue weighted by atomic mass is 9.95. The maximum Gasteiger partial charge on any atom is 0.156 e. The van der Waals surface area contributed by atoms with E-state index in [1.807, 2.05) is 43.3 Å². The van der Waals surface area contributed by atoms with Gasteiger partial charge in [-0.25, -0.2) is 9.37 Å². The van der Waals surface area contributed by atoms with E-state index in [-0.39, 0.29) is 11.5 Å². The van der Waals surface area contributed by atoms with Gasteiger partial charge in [0.25, 0.3) is 0 Å². The summed E-state index contributed by atoms with van der Waals surface area (Å²) in [6, 6.07) is 19.8. The highest BCUT2D eigenvalue weighted by Crippen LogP contribution is 2.31. The molecule has 1 aliphatic heterocycles. The Kier molecular flexibility index (Phi) is 6.40. The number of aromatic amines is 1. The molecule has 0 radical (unpaired) electrons. The Labute approximate surface area is 207 Å². The van der Waals surface area contributed by atoms with Crippen molar-refractivity contribution >= 4 is 23.3 Å². The van der Waals surface area contributed by atoms with Crippen LogP contribution in [-0.2, 0) is 19.5 Å². The van der Waals surface area contributed by atoms with E-state index in [0.29, 0.717) is 30.2 Å². The predicted octanol–water partition coefficient (Wildman–Crippen LogP) is 5.41. The Hall–Kier alpha value is -3.50. The lowest BCUT2D eigenvalue weighted by Gasteiger charge is -2.23. The fourth-order valence-corrected chi connectivity index (χ4v) is 4.90. The fourth-order valence-electron chi connectivity index (χ4n) is 4.20. The summed E-state index contributed by atoms with van der Waals surface area (Å²) in [7, 11) is 0. The van der Waals surface area contributed by atoms with Gasteiger partial charge in [-0.1, -0.05) is 47.9 Å². The highest BCUT2D eigenvalue weighted by Gasteiger charge is 2.29. The molecule has 9 heteroatoms. The summed E-state index contributed by atoms with van der Waals surface area (Å²) in [6.45, 7) is 2.89. The molecule has 35 heavy (non-hydrogen) atoms. The smallest absolute Gasteiger partial charge is 0.156 e. The van der Waals surface area contributed by atoms with Gasteiger partial charge in [0.1, 0.15) is 11.5 Å². The van der Waals surface area contributed by atoms with Crippen molar-refractivity contribution in [2.75, 3.05) is 5.73 Å². The number of anilines is 1. The number of hydrogen-bond donors (Lipinski definition) is 4. The van der Waals surface area contributed by atoms with Gasteiger partial charge < -0.3 is 10.7 Å². The first-order valence-corrected chi connectivity index (χ1v) is 12.0. The second-order valence-corrected chi connectivity index (χ2v) is 9.30. The Bertz CT molecular complexity index is 1370. The van der Waals surface area contributed by atoms with Gasteiger partial charge in [-0.15, -0.1) is 0 Å². The van der Waals surface area contributed by atoms with E-state index in [4.69, 9.17) is 11.1 Å². The summed E-state index contributed by atoms with van der Waals surface area (Å²) >= 11 is 1.22. The lowest BCUT2D eigenvalue weighted by molar-refractivity contribution is -0.162.